The summed E-state index contributed by atoms with van der Waals surface area (Å²) in [6, 6.07) is 0.753. The summed E-state index contributed by atoms with van der Waals surface area (Å²) in [5, 5.41) is 0. The van der Waals surface area contributed by atoms with Crippen LogP contribution in [0.5, 0.6) is 5.88 Å². The number of nitrogen functional groups attached to an aromatic ring is 1. The molecule has 0 atom stereocenters. The molecule has 0 unspecified atom stereocenters. The van der Waals surface area contributed by atoms with Crippen molar-refractivity contribution in [2.45, 2.75) is 32.7 Å². The van der Waals surface area contributed by atoms with Crippen molar-refractivity contribution in [1.29, 1.82) is 0 Å². The number of hydrazine groups is 1. The molecule has 0 spiro atoms. The van der Waals surface area contributed by atoms with Crippen molar-refractivity contribution in [2.24, 2.45) is 5.84 Å². The van der Waals surface area contributed by atoms with Crippen LogP contribution in [-0.2, 0) is 0 Å². The van der Waals surface area contributed by atoms with Gasteiger partial charge in [0.25, 0.3) is 0 Å². The third-order valence-corrected chi connectivity index (χ3v) is 3.20. The molecule has 1 heterocycles. The number of nitrogens with one attached hydrogen (secondary N) is 1. The Morgan fingerprint density at radius 2 is 2.11 bits per heavy atom. The normalized spacial score (nSPS) is 14.9. The Hall–Kier alpha value is -1.40. The quantitative estimate of drug-likeness (QED) is 0.576. The number of anilines is 1. The third-order valence-electron chi connectivity index (χ3n) is 3.20. The minimum Gasteiger partial charge on any atom is -0.476 e. The molecule has 1 aromatic rings. The van der Waals surface area contributed by atoms with Crippen LogP contribution in [0.4, 0.5) is 5.82 Å². The summed E-state index contributed by atoms with van der Waals surface area (Å²) < 4.78 is 5.72. The highest BCUT2D eigenvalue weighted by Gasteiger charge is 2.25. The van der Waals surface area contributed by atoms with Gasteiger partial charge < -0.3 is 15.1 Å². The second kappa shape index (κ2) is 5.49. The van der Waals surface area contributed by atoms with Gasteiger partial charge in [-0.3, -0.25) is 0 Å². The SMILES string of the molecule is Cc1nc(NN)c(C)c(OCCN(C)C2CC2)n1. The smallest absolute Gasteiger partial charge is 0.221 e. The number of hydrogen-bond donors (Lipinski definition) is 2. The number of rotatable bonds is 6. The molecule has 0 radical (unpaired) electrons. The van der Waals surface area contributed by atoms with Gasteiger partial charge in [0.15, 0.2) is 0 Å². The second-order valence-corrected chi connectivity index (χ2v) is 4.75. The topological polar surface area (TPSA) is 76.3 Å². The van der Waals surface area contributed by atoms with Gasteiger partial charge in [0.05, 0.1) is 5.56 Å². The fraction of sp³-hybridized carbons (Fsp3) is 0.667. The molecule has 0 aliphatic heterocycles. The Bertz CT molecular complexity index is 419. The summed E-state index contributed by atoms with van der Waals surface area (Å²) in [4.78, 5) is 10.8. The number of likely N-dealkylation sites (N-methyl/N-ethyl adjacent to an activating group) is 1. The van der Waals surface area contributed by atoms with Crippen LogP contribution in [0, 0.1) is 13.8 Å². The molecule has 1 saturated carbocycles. The lowest BCUT2D eigenvalue weighted by atomic mass is 10.3. The Labute approximate surface area is 108 Å². The minimum absolute atomic E-state index is 0.611. The Morgan fingerprint density at radius 1 is 1.39 bits per heavy atom. The third kappa shape index (κ3) is 3.08. The molecule has 1 fully saturated rings. The van der Waals surface area contributed by atoms with E-state index in [1.807, 2.05) is 13.8 Å². The molecule has 1 aliphatic rings. The van der Waals surface area contributed by atoms with Gasteiger partial charge in [0.2, 0.25) is 5.88 Å². The second-order valence-electron chi connectivity index (χ2n) is 4.75. The lowest BCUT2D eigenvalue weighted by Gasteiger charge is -2.17. The molecule has 0 saturated heterocycles. The van der Waals surface area contributed by atoms with Gasteiger partial charge in [0.1, 0.15) is 18.2 Å². The van der Waals surface area contributed by atoms with Gasteiger partial charge in [-0.25, -0.2) is 10.8 Å². The first-order chi connectivity index (χ1) is 8.61. The predicted molar refractivity (Wildman–Crippen MR) is 70.5 cm³/mol. The number of hydrogen-bond acceptors (Lipinski definition) is 6. The monoisotopic (exact) mass is 251 g/mol. The first-order valence-corrected chi connectivity index (χ1v) is 6.26. The summed E-state index contributed by atoms with van der Waals surface area (Å²) in [5.74, 6) is 7.29. The number of nitrogens with zero attached hydrogens (tertiary/aromatic N) is 3. The van der Waals surface area contributed by atoms with E-state index in [-0.39, 0.29) is 0 Å². The van der Waals surface area contributed by atoms with Crippen LogP contribution in [0.15, 0.2) is 0 Å². The Morgan fingerprint density at radius 3 is 2.72 bits per heavy atom. The summed E-state index contributed by atoms with van der Waals surface area (Å²) in [6.45, 7) is 5.27. The van der Waals surface area contributed by atoms with E-state index in [4.69, 9.17) is 10.6 Å². The van der Waals surface area contributed by atoms with Crippen LogP contribution in [0.25, 0.3) is 0 Å². The highest BCUT2D eigenvalue weighted by Crippen LogP contribution is 2.25. The number of ether oxygens (including phenoxy) is 1. The Kier molecular flexibility index (Phi) is 3.98. The van der Waals surface area contributed by atoms with Crippen LogP contribution in [0.1, 0.15) is 24.2 Å². The maximum Gasteiger partial charge on any atom is 0.221 e. The van der Waals surface area contributed by atoms with E-state index in [9.17, 15) is 0 Å². The predicted octanol–water partition coefficient (Wildman–Crippen LogP) is 0.852. The zero-order valence-corrected chi connectivity index (χ0v) is 11.2. The van der Waals surface area contributed by atoms with E-state index in [1.165, 1.54) is 12.8 Å². The summed E-state index contributed by atoms with van der Waals surface area (Å²) in [6.07, 6.45) is 2.62. The van der Waals surface area contributed by atoms with Crippen molar-refractivity contribution in [3.8, 4) is 5.88 Å². The summed E-state index contributed by atoms with van der Waals surface area (Å²) in [7, 11) is 2.13. The molecule has 1 aromatic heterocycles. The molecule has 100 valence electrons. The Balaban J connectivity index is 1.93. The standard InChI is InChI=1S/C12H21N5O/c1-8-11(16-13)14-9(2)15-12(8)18-7-6-17(3)10-4-5-10/h10H,4-7,13H2,1-3H3,(H,14,15,16). The highest BCUT2D eigenvalue weighted by atomic mass is 16.5. The fourth-order valence-electron chi connectivity index (χ4n) is 1.87. The number of nitrogens with two attached hydrogens (primary N) is 1. The largest absolute Gasteiger partial charge is 0.476 e. The summed E-state index contributed by atoms with van der Waals surface area (Å²) in [5.41, 5.74) is 3.41. The van der Waals surface area contributed by atoms with Crippen molar-refractivity contribution in [1.82, 2.24) is 14.9 Å². The van der Waals surface area contributed by atoms with Gasteiger partial charge in [-0.05, 0) is 33.7 Å². The van der Waals surface area contributed by atoms with Crippen molar-refractivity contribution in [3.05, 3.63) is 11.4 Å². The fourth-order valence-corrected chi connectivity index (χ4v) is 1.87. The van der Waals surface area contributed by atoms with Crippen molar-refractivity contribution in [3.63, 3.8) is 0 Å². The highest BCUT2D eigenvalue weighted by molar-refractivity contribution is 5.47. The molecular weight excluding hydrogens is 230 g/mol. The molecule has 6 nitrogen and oxygen atoms in total. The van der Waals surface area contributed by atoms with Crippen LogP contribution in [0.2, 0.25) is 0 Å². The van der Waals surface area contributed by atoms with Crippen molar-refractivity contribution < 1.29 is 4.74 Å². The maximum atomic E-state index is 5.72. The molecule has 3 N–H and O–H groups in total. The van der Waals surface area contributed by atoms with Gasteiger partial charge >= 0.3 is 0 Å². The van der Waals surface area contributed by atoms with Crippen molar-refractivity contribution in [2.75, 3.05) is 25.6 Å². The first kappa shape index (κ1) is 13.0. The van der Waals surface area contributed by atoms with Gasteiger partial charge in [-0.1, -0.05) is 0 Å². The maximum absolute atomic E-state index is 5.72. The van der Waals surface area contributed by atoms with E-state index in [2.05, 4.69) is 27.3 Å². The molecule has 0 aromatic carbocycles. The van der Waals surface area contributed by atoms with Gasteiger partial charge in [-0.15, -0.1) is 0 Å². The summed E-state index contributed by atoms with van der Waals surface area (Å²) >= 11 is 0. The van der Waals surface area contributed by atoms with Gasteiger partial charge in [0, 0.05) is 12.6 Å². The van der Waals surface area contributed by atoms with Crippen LogP contribution >= 0.6 is 0 Å². The first-order valence-electron chi connectivity index (χ1n) is 6.26. The average Bonchev–Trinajstić information content (AvgIpc) is 3.16. The molecule has 1 aliphatic carbocycles. The molecule has 0 bridgehead atoms. The zero-order valence-electron chi connectivity index (χ0n) is 11.2. The lowest BCUT2D eigenvalue weighted by Crippen LogP contribution is -2.26. The molecular formula is C12H21N5O. The van der Waals surface area contributed by atoms with E-state index < -0.39 is 0 Å². The zero-order chi connectivity index (χ0) is 13.1. The van der Waals surface area contributed by atoms with Crippen LogP contribution < -0.4 is 16.0 Å². The van der Waals surface area contributed by atoms with Crippen molar-refractivity contribution >= 4 is 5.82 Å². The molecule has 0 amide bonds. The van der Waals surface area contributed by atoms with Crippen LogP contribution in [0.3, 0.4) is 0 Å². The van der Waals surface area contributed by atoms with E-state index in [0.717, 1.165) is 18.2 Å². The number of aryl methyl sites for hydroxylation is 1. The van der Waals surface area contributed by atoms with Gasteiger partial charge in [-0.2, -0.15) is 4.98 Å². The lowest BCUT2D eigenvalue weighted by molar-refractivity contribution is 0.225. The molecule has 6 heteroatoms. The minimum atomic E-state index is 0.611. The molecule has 18 heavy (non-hydrogen) atoms. The average molecular weight is 251 g/mol. The van der Waals surface area contributed by atoms with E-state index in [1.54, 1.807) is 0 Å². The van der Waals surface area contributed by atoms with E-state index in [0.29, 0.717) is 24.1 Å². The van der Waals surface area contributed by atoms with E-state index >= 15 is 0 Å². The van der Waals surface area contributed by atoms with Crippen LogP contribution in [-0.4, -0.2) is 41.1 Å². The number of aromatic nitrogens is 2. The molecule has 2 rings (SSSR count).